The molecule has 2 aromatic carbocycles. The fourth-order valence-electron chi connectivity index (χ4n) is 2.62. The van der Waals surface area contributed by atoms with Gasteiger partial charge in [0.2, 0.25) is 0 Å². The van der Waals surface area contributed by atoms with Gasteiger partial charge in [-0.15, -0.1) is 0 Å². The smallest absolute Gasteiger partial charge is 0.416 e. The SMILES string of the molecule is Cc1cc(-c2ncc3cc(C(F)(F)F)ccc3n2)ccc1N(C)C(=O)O. The summed E-state index contributed by atoms with van der Waals surface area (Å²) in [4.78, 5) is 20.6. The van der Waals surface area contributed by atoms with Crippen molar-refractivity contribution in [3.05, 3.63) is 53.7 Å². The molecule has 1 amide bonds. The van der Waals surface area contributed by atoms with Crippen LogP contribution in [0.15, 0.2) is 42.6 Å². The van der Waals surface area contributed by atoms with Crippen molar-refractivity contribution in [1.29, 1.82) is 0 Å². The maximum absolute atomic E-state index is 12.8. The fourth-order valence-corrected chi connectivity index (χ4v) is 2.62. The van der Waals surface area contributed by atoms with Gasteiger partial charge < -0.3 is 5.11 Å². The Morgan fingerprint density at radius 3 is 2.50 bits per heavy atom. The van der Waals surface area contributed by atoms with E-state index in [1.54, 1.807) is 25.1 Å². The average molecular weight is 361 g/mol. The number of alkyl halides is 3. The summed E-state index contributed by atoms with van der Waals surface area (Å²) in [5.74, 6) is 0.352. The zero-order chi connectivity index (χ0) is 19.1. The largest absolute Gasteiger partial charge is 0.465 e. The molecule has 134 valence electrons. The lowest BCUT2D eigenvalue weighted by Gasteiger charge is -2.16. The molecule has 1 aromatic heterocycles. The van der Waals surface area contributed by atoms with E-state index in [-0.39, 0.29) is 0 Å². The van der Waals surface area contributed by atoms with Gasteiger partial charge in [0.05, 0.1) is 11.1 Å². The topological polar surface area (TPSA) is 66.3 Å². The predicted octanol–water partition coefficient (Wildman–Crippen LogP) is 4.74. The molecule has 0 radical (unpaired) electrons. The van der Waals surface area contributed by atoms with Crippen LogP contribution in [-0.4, -0.2) is 28.2 Å². The number of rotatable bonds is 2. The van der Waals surface area contributed by atoms with Crippen LogP contribution >= 0.6 is 0 Å². The first-order chi connectivity index (χ1) is 12.2. The Balaban J connectivity index is 2.01. The van der Waals surface area contributed by atoms with Gasteiger partial charge in [-0.05, 0) is 48.9 Å². The van der Waals surface area contributed by atoms with Crippen molar-refractivity contribution >= 4 is 22.7 Å². The molecule has 8 heteroatoms. The Labute approximate surface area is 146 Å². The summed E-state index contributed by atoms with van der Waals surface area (Å²) >= 11 is 0. The van der Waals surface area contributed by atoms with Crippen molar-refractivity contribution < 1.29 is 23.1 Å². The molecule has 1 N–H and O–H groups in total. The highest BCUT2D eigenvalue weighted by molar-refractivity contribution is 5.87. The molecule has 0 aliphatic heterocycles. The van der Waals surface area contributed by atoms with Crippen LogP contribution in [0.5, 0.6) is 0 Å². The predicted molar refractivity (Wildman–Crippen MR) is 91.1 cm³/mol. The maximum Gasteiger partial charge on any atom is 0.416 e. The second kappa shape index (κ2) is 6.29. The highest BCUT2D eigenvalue weighted by atomic mass is 19.4. The molecule has 0 atom stereocenters. The summed E-state index contributed by atoms with van der Waals surface area (Å²) in [6.45, 7) is 1.76. The van der Waals surface area contributed by atoms with E-state index in [0.717, 1.165) is 17.0 Å². The number of carbonyl (C=O) groups is 1. The zero-order valence-corrected chi connectivity index (χ0v) is 13.9. The molecular formula is C18H14F3N3O2. The van der Waals surface area contributed by atoms with Crippen LogP contribution < -0.4 is 4.90 Å². The lowest BCUT2D eigenvalue weighted by molar-refractivity contribution is -0.137. The summed E-state index contributed by atoms with van der Waals surface area (Å²) in [6, 6.07) is 8.35. The van der Waals surface area contributed by atoms with E-state index in [9.17, 15) is 18.0 Å². The van der Waals surface area contributed by atoms with Gasteiger partial charge in [-0.25, -0.2) is 14.8 Å². The molecule has 26 heavy (non-hydrogen) atoms. The van der Waals surface area contributed by atoms with E-state index in [0.29, 0.717) is 33.5 Å². The van der Waals surface area contributed by atoms with E-state index < -0.39 is 17.8 Å². The van der Waals surface area contributed by atoms with Crippen molar-refractivity contribution in [3.8, 4) is 11.4 Å². The molecule has 0 fully saturated rings. The molecule has 0 saturated carbocycles. The number of aryl methyl sites for hydroxylation is 1. The van der Waals surface area contributed by atoms with E-state index in [2.05, 4.69) is 9.97 Å². The second-order valence-corrected chi connectivity index (χ2v) is 5.81. The minimum atomic E-state index is -4.42. The monoisotopic (exact) mass is 361 g/mol. The van der Waals surface area contributed by atoms with Crippen molar-refractivity contribution in [2.75, 3.05) is 11.9 Å². The molecule has 0 unspecified atom stereocenters. The van der Waals surface area contributed by atoms with Crippen LogP contribution in [0.3, 0.4) is 0 Å². The molecular weight excluding hydrogens is 347 g/mol. The minimum Gasteiger partial charge on any atom is -0.465 e. The lowest BCUT2D eigenvalue weighted by atomic mass is 10.1. The van der Waals surface area contributed by atoms with Gasteiger partial charge in [-0.1, -0.05) is 0 Å². The van der Waals surface area contributed by atoms with Crippen LogP contribution in [-0.2, 0) is 6.18 Å². The van der Waals surface area contributed by atoms with Gasteiger partial charge >= 0.3 is 12.3 Å². The molecule has 3 aromatic rings. The van der Waals surface area contributed by atoms with Crippen LogP contribution in [0, 0.1) is 6.92 Å². The zero-order valence-electron chi connectivity index (χ0n) is 13.9. The quantitative estimate of drug-likeness (QED) is 0.716. The Bertz CT molecular complexity index is 1000. The van der Waals surface area contributed by atoms with Crippen LogP contribution in [0.2, 0.25) is 0 Å². The Morgan fingerprint density at radius 1 is 1.15 bits per heavy atom. The molecule has 0 saturated heterocycles. The third-order valence-electron chi connectivity index (χ3n) is 4.01. The molecule has 0 bridgehead atoms. The van der Waals surface area contributed by atoms with Crippen molar-refractivity contribution in [2.24, 2.45) is 0 Å². The number of hydrogen-bond donors (Lipinski definition) is 1. The average Bonchev–Trinajstić information content (AvgIpc) is 2.59. The molecule has 5 nitrogen and oxygen atoms in total. The van der Waals surface area contributed by atoms with Crippen LogP contribution in [0.4, 0.5) is 23.7 Å². The summed E-state index contributed by atoms with van der Waals surface area (Å²) in [5, 5.41) is 9.36. The number of amides is 1. The van der Waals surface area contributed by atoms with Crippen LogP contribution in [0.1, 0.15) is 11.1 Å². The Hall–Kier alpha value is -3.16. The minimum absolute atomic E-state index is 0.294. The van der Waals surface area contributed by atoms with Crippen molar-refractivity contribution in [1.82, 2.24) is 9.97 Å². The number of nitrogens with zero attached hydrogens (tertiary/aromatic N) is 3. The number of fused-ring (bicyclic) bond motifs is 1. The summed E-state index contributed by atoms with van der Waals surface area (Å²) in [7, 11) is 1.44. The number of hydrogen-bond acceptors (Lipinski definition) is 3. The third-order valence-corrected chi connectivity index (χ3v) is 4.01. The third kappa shape index (κ3) is 3.30. The highest BCUT2D eigenvalue weighted by Gasteiger charge is 2.30. The van der Waals surface area contributed by atoms with Gasteiger partial charge in [0.15, 0.2) is 5.82 Å². The Kier molecular flexibility index (Phi) is 4.27. The van der Waals surface area contributed by atoms with Crippen molar-refractivity contribution in [2.45, 2.75) is 13.1 Å². The molecule has 0 aliphatic rings. The normalized spacial score (nSPS) is 11.6. The molecule has 3 rings (SSSR count). The molecule has 0 spiro atoms. The van der Waals surface area contributed by atoms with Gasteiger partial charge in [0, 0.05) is 29.9 Å². The number of anilines is 1. The first-order valence-electron chi connectivity index (χ1n) is 7.58. The number of benzene rings is 2. The van der Waals surface area contributed by atoms with Crippen LogP contribution in [0.25, 0.3) is 22.3 Å². The highest BCUT2D eigenvalue weighted by Crippen LogP contribution is 2.31. The van der Waals surface area contributed by atoms with E-state index in [4.69, 9.17) is 5.11 Å². The second-order valence-electron chi connectivity index (χ2n) is 5.81. The maximum atomic E-state index is 12.8. The standard InChI is InChI=1S/C18H14F3N3O2/c1-10-7-11(3-6-15(10)24(2)17(25)26)16-22-9-12-8-13(18(19,20)21)4-5-14(12)23-16/h3-9H,1-2H3,(H,25,26). The Morgan fingerprint density at radius 2 is 1.88 bits per heavy atom. The first-order valence-corrected chi connectivity index (χ1v) is 7.58. The van der Waals surface area contributed by atoms with Gasteiger partial charge in [-0.3, -0.25) is 4.90 Å². The van der Waals surface area contributed by atoms with Crippen molar-refractivity contribution in [3.63, 3.8) is 0 Å². The number of carboxylic acid groups (broad SMARTS) is 1. The fraction of sp³-hybridized carbons (Fsp3) is 0.167. The first kappa shape index (κ1) is 17.7. The molecule has 0 aliphatic carbocycles. The van der Waals surface area contributed by atoms with E-state index in [1.807, 2.05) is 0 Å². The summed E-state index contributed by atoms with van der Waals surface area (Å²) < 4.78 is 38.3. The van der Waals surface area contributed by atoms with E-state index >= 15 is 0 Å². The number of aromatic nitrogens is 2. The summed E-state index contributed by atoms with van der Waals surface area (Å²) in [6.07, 6.45) is -4.15. The lowest BCUT2D eigenvalue weighted by Crippen LogP contribution is -2.24. The number of halogens is 3. The van der Waals surface area contributed by atoms with Gasteiger partial charge in [-0.2, -0.15) is 13.2 Å². The van der Waals surface area contributed by atoms with E-state index in [1.165, 1.54) is 19.3 Å². The van der Waals surface area contributed by atoms with Gasteiger partial charge in [0.1, 0.15) is 0 Å². The van der Waals surface area contributed by atoms with Gasteiger partial charge in [0.25, 0.3) is 0 Å². The summed E-state index contributed by atoms with van der Waals surface area (Å²) in [5.41, 5.74) is 1.53. The molecule has 1 heterocycles.